The summed E-state index contributed by atoms with van der Waals surface area (Å²) in [6, 6.07) is 19.1. The molecule has 5 nitrogen and oxygen atoms in total. The number of carbonyl (C=O) groups is 1. The molecule has 0 unspecified atom stereocenters. The van der Waals surface area contributed by atoms with Gasteiger partial charge in [0.1, 0.15) is 23.0 Å². The van der Waals surface area contributed by atoms with E-state index in [1.807, 2.05) is 60.7 Å². The van der Waals surface area contributed by atoms with Gasteiger partial charge in [0.2, 0.25) is 0 Å². The van der Waals surface area contributed by atoms with Crippen molar-refractivity contribution in [1.29, 1.82) is 0 Å². The standard InChI is InChI=1S/C30H32O5/c1-19(2)13-15-32-21-9-11-25-27(17-21)34-28-18-22(33-16-14-20(3)4)10-12-26(28)30(25)24-8-6-5-7-23(24)29(31)35-30/h5-12,17-20H,13-16H2,1-4H3. The summed E-state index contributed by atoms with van der Waals surface area (Å²) in [5, 5.41) is 0. The van der Waals surface area contributed by atoms with Crippen LogP contribution in [0.4, 0.5) is 0 Å². The predicted octanol–water partition coefficient (Wildman–Crippen LogP) is 7.10. The summed E-state index contributed by atoms with van der Waals surface area (Å²) in [4.78, 5) is 13.0. The lowest BCUT2D eigenvalue weighted by molar-refractivity contribution is 0.0224. The number of esters is 1. The second kappa shape index (κ2) is 9.29. The van der Waals surface area contributed by atoms with Crippen molar-refractivity contribution < 1.29 is 23.7 Å². The minimum absolute atomic E-state index is 0.339. The molecule has 1 spiro atoms. The van der Waals surface area contributed by atoms with Crippen molar-refractivity contribution in [3.63, 3.8) is 0 Å². The number of fused-ring (bicyclic) bond motifs is 6. The van der Waals surface area contributed by atoms with E-state index in [4.69, 9.17) is 18.9 Å². The van der Waals surface area contributed by atoms with Crippen molar-refractivity contribution in [1.82, 2.24) is 0 Å². The molecule has 0 saturated heterocycles. The third-order valence-corrected chi connectivity index (χ3v) is 6.58. The summed E-state index contributed by atoms with van der Waals surface area (Å²) in [5.41, 5.74) is 1.88. The Balaban J connectivity index is 1.58. The van der Waals surface area contributed by atoms with Crippen LogP contribution in [0.2, 0.25) is 0 Å². The average Bonchev–Trinajstić information content (AvgIpc) is 3.11. The van der Waals surface area contributed by atoms with Gasteiger partial charge in [-0.25, -0.2) is 4.79 Å². The Morgan fingerprint density at radius 2 is 1.29 bits per heavy atom. The van der Waals surface area contributed by atoms with Crippen molar-refractivity contribution in [3.05, 3.63) is 82.9 Å². The van der Waals surface area contributed by atoms with Crippen molar-refractivity contribution >= 4 is 5.97 Å². The first-order valence-electron chi connectivity index (χ1n) is 12.4. The molecular weight excluding hydrogens is 440 g/mol. The largest absolute Gasteiger partial charge is 0.493 e. The molecule has 182 valence electrons. The molecule has 0 fully saturated rings. The van der Waals surface area contributed by atoms with Crippen LogP contribution >= 0.6 is 0 Å². The fraction of sp³-hybridized carbons (Fsp3) is 0.367. The van der Waals surface area contributed by atoms with E-state index < -0.39 is 5.60 Å². The lowest BCUT2D eigenvalue weighted by Crippen LogP contribution is -2.33. The van der Waals surface area contributed by atoms with E-state index >= 15 is 0 Å². The van der Waals surface area contributed by atoms with Gasteiger partial charge < -0.3 is 18.9 Å². The minimum atomic E-state index is -1.08. The van der Waals surface area contributed by atoms with Crippen LogP contribution in [0.1, 0.15) is 67.6 Å². The molecule has 3 aromatic carbocycles. The van der Waals surface area contributed by atoms with Gasteiger partial charge in [0.05, 0.1) is 18.8 Å². The van der Waals surface area contributed by atoms with Gasteiger partial charge in [0.15, 0.2) is 5.60 Å². The van der Waals surface area contributed by atoms with Gasteiger partial charge in [0.25, 0.3) is 0 Å². The van der Waals surface area contributed by atoms with Crippen molar-refractivity contribution in [3.8, 4) is 23.0 Å². The molecule has 0 amide bonds. The van der Waals surface area contributed by atoms with Crippen LogP contribution in [0.15, 0.2) is 60.7 Å². The van der Waals surface area contributed by atoms with Gasteiger partial charge in [-0.2, -0.15) is 0 Å². The SMILES string of the molecule is CC(C)CCOc1ccc2c(c1)Oc1cc(OCCC(C)C)ccc1C21OC(=O)c2ccccc21. The van der Waals surface area contributed by atoms with E-state index in [0.29, 0.717) is 42.1 Å². The quantitative estimate of drug-likeness (QED) is 0.327. The number of hydrogen-bond acceptors (Lipinski definition) is 5. The molecule has 2 aliphatic rings. The van der Waals surface area contributed by atoms with E-state index in [1.54, 1.807) is 0 Å². The highest BCUT2D eigenvalue weighted by Crippen LogP contribution is 2.57. The van der Waals surface area contributed by atoms with Gasteiger partial charge in [-0.15, -0.1) is 0 Å². The summed E-state index contributed by atoms with van der Waals surface area (Å²) < 4.78 is 24.6. The van der Waals surface area contributed by atoms with Crippen LogP contribution < -0.4 is 14.2 Å². The van der Waals surface area contributed by atoms with Crippen LogP contribution in [0.25, 0.3) is 0 Å². The van der Waals surface area contributed by atoms with E-state index in [0.717, 1.165) is 41.0 Å². The number of ether oxygens (including phenoxy) is 4. The molecule has 0 saturated carbocycles. The number of hydrogen-bond donors (Lipinski definition) is 0. The monoisotopic (exact) mass is 472 g/mol. The second-order valence-electron chi connectivity index (χ2n) is 10.1. The highest BCUT2D eigenvalue weighted by molar-refractivity contribution is 5.97. The Kier molecular flexibility index (Phi) is 6.18. The minimum Gasteiger partial charge on any atom is -0.493 e. The summed E-state index contributed by atoms with van der Waals surface area (Å²) in [5.74, 6) is 3.46. The fourth-order valence-electron chi connectivity index (χ4n) is 4.64. The Labute approximate surface area is 207 Å². The van der Waals surface area contributed by atoms with Crippen LogP contribution in [-0.4, -0.2) is 19.2 Å². The van der Waals surface area contributed by atoms with Gasteiger partial charge in [0, 0.05) is 28.8 Å². The van der Waals surface area contributed by atoms with E-state index in [-0.39, 0.29) is 5.97 Å². The fourth-order valence-corrected chi connectivity index (χ4v) is 4.64. The lowest BCUT2D eigenvalue weighted by atomic mass is 9.77. The highest BCUT2D eigenvalue weighted by Gasteiger charge is 2.53. The lowest BCUT2D eigenvalue weighted by Gasteiger charge is -2.36. The second-order valence-corrected chi connectivity index (χ2v) is 10.1. The van der Waals surface area contributed by atoms with Crippen LogP contribution in [0.5, 0.6) is 23.0 Å². The first-order chi connectivity index (χ1) is 16.9. The molecule has 35 heavy (non-hydrogen) atoms. The van der Waals surface area contributed by atoms with E-state index in [9.17, 15) is 4.79 Å². The predicted molar refractivity (Wildman–Crippen MR) is 135 cm³/mol. The average molecular weight is 473 g/mol. The number of benzene rings is 3. The summed E-state index contributed by atoms with van der Waals surface area (Å²) >= 11 is 0. The highest BCUT2D eigenvalue weighted by atomic mass is 16.6. The Bertz CT molecular complexity index is 1180. The molecular formula is C30H32O5. The smallest absolute Gasteiger partial charge is 0.340 e. The molecule has 0 aliphatic carbocycles. The van der Waals surface area contributed by atoms with Crippen molar-refractivity contribution in [2.45, 2.75) is 46.1 Å². The van der Waals surface area contributed by atoms with Gasteiger partial charge in [-0.05, 0) is 55.0 Å². The molecule has 3 aromatic rings. The number of rotatable bonds is 8. The molecule has 0 atom stereocenters. The van der Waals surface area contributed by atoms with Crippen LogP contribution in [-0.2, 0) is 10.3 Å². The van der Waals surface area contributed by atoms with Gasteiger partial charge in [-0.1, -0.05) is 45.9 Å². The molecule has 5 heteroatoms. The first-order valence-corrected chi connectivity index (χ1v) is 12.4. The molecule has 0 N–H and O–H groups in total. The van der Waals surface area contributed by atoms with Crippen molar-refractivity contribution in [2.75, 3.05) is 13.2 Å². The van der Waals surface area contributed by atoms with Crippen LogP contribution in [0, 0.1) is 11.8 Å². The molecule has 0 radical (unpaired) electrons. The molecule has 0 bridgehead atoms. The van der Waals surface area contributed by atoms with Gasteiger partial charge >= 0.3 is 5.97 Å². The van der Waals surface area contributed by atoms with E-state index in [1.165, 1.54) is 0 Å². The normalized spacial score (nSPS) is 14.9. The summed E-state index contributed by atoms with van der Waals surface area (Å²) in [6.45, 7) is 9.95. The Morgan fingerprint density at radius 1 is 0.743 bits per heavy atom. The maximum atomic E-state index is 13.0. The Hall–Kier alpha value is -3.47. The zero-order valence-corrected chi connectivity index (χ0v) is 20.8. The van der Waals surface area contributed by atoms with Crippen LogP contribution in [0.3, 0.4) is 0 Å². The molecule has 2 heterocycles. The maximum absolute atomic E-state index is 13.0. The summed E-state index contributed by atoms with van der Waals surface area (Å²) in [7, 11) is 0. The first kappa shape index (κ1) is 23.3. The third-order valence-electron chi connectivity index (χ3n) is 6.58. The maximum Gasteiger partial charge on any atom is 0.340 e. The van der Waals surface area contributed by atoms with Gasteiger partial charge in [-0.3, -0.25) is 0 Å². The molecule has 2 aliphatic heterocycles. The van der Waals surface area contributed by atoms with Crippen molar-refractivity contribution in [2.24, 2.45) is 11.8 Å². The third kappa shape index (κ3) is 4.24. The topological polar surface area (TPSA) is 54.0 Å². The zero-order valence-electron chi connectivity index (χ0n) is 20.8. The molecule has 0 aromatic heterocycles. The Morgan fingerprint density at radius 3 is 1.83 bits per heavy atom. The van der Waals surface area contributed by atoms with E-state index in [2.05, 4.69) is 27.7 Å². The number of carbonyl (C=O) groups excluding carboxylic acids is 1. The molecule has 5 rings (SSSR count). The summed E-state index contributed by atoms with van der Waals surface area (Å²) in [6.07, 6.45) is 1.93. The zero-order chi connectivity index (χ0) is 24.6.